The van der Waals surface area contributed by atoms with Gasteiger partial charge in [-0.15, -0.1) is 0 Å². The molecule has 0 aliphatic heterocycles. The van der Waals surface area contributed by atoms with Crippen molar-refractivity contribution < 1.29 is 19.0 Å². The molecule has 2 N–H and O–H groups in total. The van der Waals surface area contributed by atoms with Crippen molar-refractivity contribution in [1.29, 1.82) is 0 Å². The molecule has 0 bridgehead atoms. The first-order chi connectivity index (χ1) is 12.0. The van der Waals surface area contributed by atoms with Crippen LogP contribution in [0.15, 0.2) is 30.3 Å². The zero-order chi connectivity index (χ0) is 18.2. The fraction of sp³-hybridized carbons (Fsp3) is 0.333. The van der Waals surface area contributed by atoms with Crippen LogP contribution in [0.1, 0.15) is 17.5 Å². The highest BCUT2D eigenvalue weighted by atomic mass is 35.5. The monoisotopic (exact) mass is 387 g/mol. The smallest absolute Gasteiger partial charge is 0.163 e. The molecule has 136 valence electrons. The highest BCUT2D eigenvalue weighted by Gasteiger charge is 2.12. The molecule has 25 heavy (non-hydrogen) atoms. The quantitative estimate of drug-likeness (QED) is 0.633. The molecule has 0 amide bonds. The van der Waals surface area contributed by atoms with E-state index >= 15 is 0 Å². The standard InChI is InChI=1S/C18H20Cl2FNO3/c1-24-17-7-13(10-22-5-2-6-23)16(20)9-18(17)25-11-12-3-4-14(21)8-15(12)19/h3-4,7-9,22-23H,2,5-6,10-11H2,1H3. The highest BCUT2D eigenvalue weighted by molar-refractivity contribution is 6.31. The molecule has 0 spiro atoms. The number of ether oxygens (including phenoxy) is 2. The molecule has 0 saturated heterocycles. The molecule has 0 atom stereocenters. The lowest BCUT2D eigenvalue weighted by molar-refractivity contribution is 0.283. The summed E-state index contributed by atoms with van der Waals surface area (Å²) in [6, 6.07) is 7.63. The Bertz CT molecular complexity index is 713. The summed E-state index contributed by atoms with van der Waals surface area (Å²) >= 11 is 12.3. The number of hydrogen-bond donors (Lipinski definition) is 2. The third kappa shape index (κ3) is 5.75. The molecule has 0 aliphatic carbocycles. The maximum atomic E-state index is 13.1. The molecule has 4 nitrogen and oxygen atoms in total. The largest absolute Gasteiger partial charge is 0.493 e. The van der Waals surface area contributed by atoms with Gasteiger partial charge < -0.3 is 19.9 Å². The van der Waals surface area contributed by atoms with Crippen molar-refractivity contribution in [3.63, 3.8) is 0 Å². The molecule has 2 rings (SSSR count). The van der Waals surface area contributed by atoms with Crippen molar-refractivity contribution in [2.45, 2.75) is 19.6 Å². The minimum absolute atomic E-state index is 0.142. The van der Waals surface area contributed by atoms with E-state index in [4.69, 9.17) is 37.8 Å². The number of nitrogens with one attached hydrogen (secondary N) is 1. The van der Waals surface area contributed by atoms with E-state index in [2.05, 4.69) is 5.32 Å². The average Bonchev–Trinajstić information content (AvgIpc) is 2.59. The van der Waals surface area contributed by atoms with E-state index in [0.29, 0.717) is 46.6 Å². The Morgan fingerprint density at radius 1 is 1.08 bits per heavy atom. The van der Waals surface area contributed by atoms with E-state index in [1.807, 2.05) is 0 Å². The number of halogens is 3. The van der Waals surface area contributed by atoms with E-state index < -0.39 is 5.82 Å². The van der Waals surface area contributed by atoms with Crippen LogP contribution in [0.5, 0.6) is 11.5 Å². The molecule has 0 heterocycles. The topological polar surface area (TPSA) is 50.7 Å². The zero-order valence-corrected chi connectivity index (χ0v) is 15.3. The Labute approximate surface area is 156 Å². The molecule has 2 aromatic carbocycles. The van der Waals surface area contributed by atoms with E-state index in [-0.39, 0.29) is 13.2 Å². The molecule has 0 aromatic heterocycles. The molecule has 0 aliphatic rings. The minimum atomic E-state index is -0.396. The molecule has 2 aromatic rings. The molecular weight excluding hydrogens is 368 g/mol. The van der Waals surface area contributed by atoms with Gasteiger partial charge in [0.25, 0.3) is 0 Å². The second-order valence-electron chi connectivity index (χ2n) is 5.37. The van der Waals surface area contributed by atoms with Crippen molar-refractivity contribution in [2.75, 3.05) is 20.3 Å². The van der Waals surface area contributed by atoms with Crippen LogP contribution in [0.3, 0.4) is 0 Å². The zero-order valence-electron chi connectivity index (χ0n) is 13.8. The van der Waals surface area contributed by atoms with Crippen molar-refractivity contribution in [1.82, 2.24) is 5.32 Å². The lowest BCUT2D eigenvalue weighted by Gasteiger charge is -2.15. The van der Waals surface area contributed by atoms with E-state index in [1.54, 1.807) is 25.3 Å². The Balaban J connectivity index is 2.08. The number of rotatable bonds is 9. The summed E-state index contributed by atoms with van der Waals surface area (Å²) in [6.07, 6.45) is 0.675. The molecule has 0 radical (unpaired) electrons. The van der Waals surface area contributed by atoms with Crippen LogP contribution in [-0.2, 0) is 13.2 Å². The third-order valence-electron chi connectivity index (χ3n) is 3.56. The SMILES string of the molecule is COc1cc(CNCCCO)c(Cl)cc1OCc1ccc(F)cc1Cl. The summed E-state index contributed by atoms with van der Waals surface area (Å²) in [6.45, 7) is 1.55. The fourth-order valence-electron chi connectivity index (χ4n) is 2.21. The number of aliphatic hydroxyl groups is 1. The van der Waals surface area contributed by atoms with Crippen molar-refractivity contribution in [2.24, 2.45) is 0 Å². The van der Waals surface area contributed by atoms with Gasteiger partial charge in [-0.3, -0.25) is 0 Å². The highest BCUT2D eigenvalue weighted by Crippen LogP contribution is 2.34. The predicted molar refractivity (Wildman–Crippen MR) is 97.2 cm³/mol. The first kappa shape index (κ1) is 19.8. The van der Waals surface area contributed by atoms with Gasteiger partial charge in [-0.05, 0) is 36.7 Å². The van der Waals surface area contributed by atoms with Crippen LogP contribution in [0.2, 0.25) is 10.0 Å². The summed E-state index contributed by atoms with van der Waals surface area (Å²) in [5, 5.41) is 12.8. The second-order valence-corrected chi connectivity index (χ2v) is 6.19. The number of aliphatic hydroxyl groups excluding tert-OH is 1. The summed E-state index contributed by atoms with van der Waals surface area (Å²) in [5.41, 5.74) is 1.53. The second kappa shape index (κ2) is 9.82. The Morgan fingerprint density at radius 2 is 1.84 bits per heavy atom. The van der Waals surface area contributed by atoms with Crippen LogP contribution < -0.4 is 14.8 Å². The van der Waals surface area contributed by atoms with Crippen LogP contribution in [0.25, 0.3) is 0 Å². The number of hydrogen-bond acceptors (Lipinski definition) is 4. The van der Waals surface area contributed by atoms with E-state index in [0.717, 1.165) is 5.56 Å². The van der Waals surface area contributed by atoms with Gasteiger partial charge in [-0.1, -0.05) is 29.3 Å². The Kier molecular flexibility index (Phi) is 7.78. The maximum Gasteiger partial charge on any atom is 0.163 e. The normalized spacial score (nSPS) is 10.8. The average molecular weight is 388 g/mol. The molecule has 0 saturated carbocycles. The lowest BCUT2D eigenvalue weighted by atomic mass is 10.2. The van der Waals surface area contributed by atoms with Gasteiger partial charge in [-0.2, -0.15) is 0 Å². The van der Waals surface area contributed by atoms with Crippen molar-refractivity contribution in [3.8, 4) is 11.5 Å². The van der Waals surface area contributed by atoms with Gasteiger partial charge in [0.15, 0.2) is 11.5 Å². The molecular formula is C18H20Cl2FNO3. The third-order valence-corrected chi connectivity index (χ3v) is 4.26. The minimum Gasteiger partial charge on any atom is -0.493 e. The molecule has 0 unspecified atom stereocenters. The maximum absolute atomic E-state index is 13.1. The number of methoxy groups -OCH3 is 1. The van der Waals surface area contributed by atoms with Crippen molar-refractivity contribution >= 4 is 23.2 Å². The number of benzene rings is 2. The van der Waals surface area contributed by atoms with Crippen LogP contribution >= 0.6 is 23.2 Å². The van der Waals surface area contributed by atoms with E-state index in [9.17, 15) is 4.39 Å². The summed E-state index contributed by atoms with van der Waals surface area (Å²) in [7, 11) is 1.55. The van der Waals surface area contributed by atoms with Gasteiger partial charge in [0.1, 0.15) is 12.4 Å². The van der Waals surface area contributed by atoms with Crippen LogP contribution in [0, 0.1) is 5.82 Å². The molecule has 0 fully saturated rings. The van der Waals surface area contributed by atoms with Crippen LogP contribution in [-0.4, -0.2) is 25.4 Å². The fourth-order valence-corrected chi connectivity index (χ4v) is 2.65. The van der Waals surface area contributed by atoms with Crippen LogP contribution in [0.4, 0.5) is 4.39 Å². The van der Waals surface area contributed by atoms with Gasteiger partial charge in [0.05, 0.1) is 12.1 Å². The summed E-state index contributed by atoms with van der Waals surface area (Å²) < 4.78 is 24.2. The van der Waals surface area contributed by atoms with E-state index in [1.165, 1.54) is 12.1 Å². The van der Waals surface area contributed by atoms with Gasteiger partial charge in [0.2, 0.25) is 0 Å². The lowest BCUT2D eigenvalue weighted by Crippen LogP contribution is -2.16. The molecule has 7 heteroatoms. The van der Waals surface area contributed by atoms with Gasteiger partial charge >= 0.3 is 0 Å². The first-order valence-electron chi connectivity index (χ1n) is 7.80. The Hall–Kier alpha value is -1.53. The van der Waals surface area contributed by atoms with Gasteiger partial charge in [-0.25, -0.2) is 4.39 Å². The predicted octanol–water partition coefficient (Wildman–Crippen LogP) is 4.19. The first-order valence-corrected chi connectivity index (χ1v) is 8.55. The Morgan fingerprint density at radius 3 is 2.52 bits per heavy atom. The summed E-state index contributed by atoms with van der Waals surface area (Å²) in [4.78, 5) is 0. The van der Waals surface area contributed by atoms with Crippen molar-refractivity contribution in [3.05, 3.63) is 57.3 Å². The summed E-state index contributed by atoms with van der Waals surface area (Å²) in [5.74, 6) is 0.626. The van der Waals surface area contributed by atoms with Gasteiger partial charge in [0, 0.05) is 29.8 Å².